The Balaban J connectivity index is 2.44. The van der Waals surface area contributed by atoms with Gasteiger partial charge in [-0.15, -0.1) is 0 Å². The highest BCUT2D eigenvalue weighted by atomic mass is 16.6. The Kier molecular flexibility index (Phi) is 3.79. The monoisotopic (exact) mass is 209 g/mol. The Hall–Kier alpha value is -1.91. The standard InChI is InChI=1S/C10H11NO4/c1-8(11(13)14)10(12)15-7-9-5-3-2-4-6-9/h2-6,8H,7H2,1H3/t8-/m1/s1. The maximum atomic E-state index is 11.1. The zero-order valence-electron chi connectivity index (χ0n) is 8.25. The van der Waals surface area contributed by atoms with E-state index >= 15 is 0 Å². The third-order valence-corrected chi connectivity index (χ3v) is 1.88. The SMILES string of the molecule is C[C@H](C(=O)OCc1ccccc1)[N+](=O)[O-]. The van der Waals surface area contributed by atoms with Crippen LogP contribution in [-0.2, 0) is 16.1 Å². The third kappa shape index (κ3) is 3.38. The van der Waals surface area contributed by atoms with E-state index in [0.717, 1.165) is 5.56 Å². The molecule has 0 aliphatic rings. The molecule has 1 atom stereocenters. The maximum absolute atomic E-state index is 11.1. The number of benzene rings is 1. The molecule has 0 fully saturated rings. The van der Waals surface area contributed by atoms with E-state index < -0.39 is 16.9 Å². The molecule has 0 saturated carbocycles. The highest BCUT2D eigenvalue weighted by molar-refractivity contribution is 5.73. The number of ether oxygens (including phenoxy) is 1. The zero-order valence-corrected chi connectivity index (χ0v) is 8.25. The highest BCUT2D eigenvalue weighted by Crippen LogP contribution is 2.02. The summed E-state index contributed by atoms with van der Waals surface area (Å²) in [5.41, 5.74) is 0.807. The fourth-order valence-electron chi connectivity index (χ4n) is 0.935. The second-order valence-corrected chi connectivity index (χ2v) is 3.05. The van der Waals surface area contributed by atoms with Crippen molar-refractivity contribution in [1.29, 1.82) is 0 Å². The van der Waals surface area contributed by atoms with Gasteiger partial charge in [-0.25, -0.2) is 4.79 Å². The number of carbonyl (C=O) groups is 1. The predicted octanol–water partition coefficient (Wildman–Crippen LogP) is 1.40. The van der Waals surface area contributed by atoms with E-state index in [1.165, 1.54) is 6.92 Å². The first-order valence-electron chi connectivity index (χ1n) is 4.45. The van der Waals surface area contributed by atoms with E-state index in [4.69, 9.17) is 4.74 Å². The summed E-state index contributed by atoms with van der Waals surface area (Å²) >= 11 is 0. The van der Waals surface area contributed by atoms with Crippen molar-refractivity contribution in [2.45, 2.75) is 19.6 Å². The molecule has 0 saturated heterocycles. The number of rotatable bonds is 4. The van der Waals surface area contributed by atoms with Gasteiger partial charge in [-0.2, -0.15) is 0 Å². The van der Waals surface area contributed by atoms with Gasteiger partial charge >= 0.3 is 12.0 Å². The van der Waals surface area contributed by atoms with E-state index in [2.05, 4.69) is 0 Å². The van der Waals surface area contributed by atoms with E-state index in [0.29, 0.717) is 0 Å². The van der Waals surface area contributed by atoms with Crippen LogP contribution < -0.4 is 0 Å². The van der Waals surface area contributed by atoms with E-state index in [1.54, 1.807) is 24.3 Å². The Labute approximate surface area is 86.8 Å². The van der Waals surface area contributed by atoms with Crippen LogP contribution in [0.5, 0.6) is 0 Å². The minimum atomic E-state index is -1.31. The fraction of sp³-hybridized carbons (Fsp3) is 0.300. The third-order valence-electron chi connectivity index (χ3n) is 1.88. The van der Waals surface area contributed by atoms with E-state index in [9.17, 15) is 14.9 Å². The van der Waals surface area contributed by atoms with Crippen molar-refractivity contribution >= 4 is 5.97 Å². The summed E-state index contributed by atoms with van der Waals surface area (Å²) in [6.45, 7) is 1.27. The summed E-state index contributed by atoms with van der Waals surface area (Å²) in [6, 6.07) is 7.70. The van der Waals surface area contributed by atoms with Gasteiger partial charge in [-0.05, 0) is 5.56 Å². The first-order chi connectivity index (χ1) is 7.11. The molecule has 0 heterocycles. The van der Waals surface area contributed by atoms with Crippen molar-refractivity contribution in [3.05, 3.63) is 46.0 Å². The largest absolute Gasteiger partial charge is 0.456 e. The van der Waals surface area contributed by atoms with Gasteiger partial charge in [0, 0.05) is 11.8 Å². The van der Waals surface area contributed by atoms with Crippen molar-refractivity contribution < 1.29 is 14.5 Å². The lowest BCUT2D eigenvalue weighted by Gasteiger charge is -2.05. The lowest BCUT2D eigenvalue weighted by atomic mass is 10.2. The Morgan fingerprint density at radius 2 is 2.07 bits per heavy atom. The Bertz CT molecular complexity index is 350. The molecule has 15 heavy (non-hydrogen) atoms. The molecule has 0 aliphatic heterocycles. The molecular formula is C10H11NO4. The number of esters is 1. The second kappa shape index (κ2) is 5.09. The van der Waals surface area contributed by atoms with Gasteiger partial charge in [0.05, 0.1) is 0 Å². The molecule has 80 valence electrons. The molecule has 0 aromatic heterocycles. The van der Waals surface area contributed by atoms with Crippen LogP contribution in [0.1, 0.15) is 12.5 Å². The van der Waals surface area contributed by atoms with Gasteiger partial charge in [0.15, 0.2) is 0 Å². The molecule has 5 heteroatoms. The van der Waals surface area contributed by atoms with Crippen molar-refractivity contribution in [1.82, 2.24) is 0 Å². The number of hydrogen-bond acceptors (Lipinski definition) is 4. The molecule has 0 N–H and O–H groups in total. The Morgan fingerprint density at radius 1 is 1.47 bits per heavy atom. The van der Waals surface area contributed by atoms with E-state index in [-0.39, 0.29) is 6.61 Å². The van der Waals surface area contributed by atoms with Crippen LogP contribution in [0.15, 0.2) is 30.3 Å². The first-order valence-corrected chi connectivity index (χ1v) is 4.45. The zero-order chi connectivity index (χ0) is 11.3. The quantitative estimate of drug-likeness (QED) is 0.427. The lowest BCUT2D eigenvalue weighted by molar-refractivity contribution is -0.506. The number of nitro groups is 1. The van der Waals surface area contributed by atoms with Gasteiger partial charge in [0.2, 0.25) is 0 Å². The smallest absolute Gasteiger partial charge is 0.381 e. The fourth-order valence-corrected chi connectivity index (χ4v) is 0.935. The van der Waals surface area contributed by atoms with Gasteiger partial charge in [0.1, 0.15) is 6.61 Å². The average molecular weight is 209 g/mol. The minimum Gasteiger partial charge on any atom is -0.456 e. The molecular weight excluding hydrogens is 198 g/mol. The predicted molar refractivity (Wildman–Crippen MR) is 52.7 cm³/mol. The van der Waals surface area contributed by atoms with E-state index in [1.807, 2.05) is 6.07 Å². The molecule has 5 nitrogen and oxygen atoms in total. The van der Waals surface area contributed by atoms with Crippen LogP contribution in [0.2, 0.25) is 0 Å². The summed E-state index contributed by atoms with van der Waals surface area (Å²) in [5.74, 6) is -0.816. The van der Waals surface area contributed by atoms with Crippen molar-refractivity contribution in [3.63, 3.8) is 0 Å². The van der Waals surface area contributed by atoms with Crippen LogP contribution in [0.4, 0.5) is 0 Å². The number of carbonyl (C=O) groups excluding carboxylic acids is 1. The van der Waals surface area contributed by atoms with Crippen LogP contribution >= 0.6 is 0 Å². The summed E-state index contributed by atoms with van der Waals surface area (Å²) in [6.07, 6.45) is 0. The average Bonchev–Trinajstić information content (AvgIpc) is 2.26. The maximum Gasteiger partial charge on any atom is 0.381 e. The van der Waals surface area contributed by atoms with Gasteiger partial charge in [0.25, 0.3) is 0 Å². The van der Waals surface area contributed by atoms with Crippen molar-refractivity contribution in [3.8, 4) is 0 Å². The van der Waals surface area contributed by atoms with Crippen molar-refractivity contribution in [2.24, 2.45) is 0 Å². The Morgan fingerprint density at radius 3 is 2.60 bits per heavy atom. The van der Waals surface area contributed by atoms with Gasteiger partial charge < -0.3 is 4.74 Å². The minimum absolute atomic E-state index is 0.0673. The molecule has 0 radical (unpaired) electrons. The van der Waals surface area contributed by atoms with Crippen LogP contribution in [-0.4, -0.2) is 16.9 Å². The molecule has 0 spiro atoms. The number of nitrogens with zero attached hydrogens (tertiary/aromatic N) is 1. The van der Waals surface area contributed by atoms with Crippen LogP contribution in [0.25, 0.3) is 0 Å². The van der Waals surface area contributed by atoms with Crippen LogP contribution in [0.3, 0.4) is 0 Å². The summed E-state index contributed by atoms with van der Waals surface area (Å²) < 4.78 is 4.77. The molecule has 1 aromatic carbocycles. The first kappa shape index (κ1) is 11.2. The molecule has 1 aromatic rings. The molecule has 1 rings (SSSR count). The normalized spacial score (nSPS) is 11.8. The number of hydrogen-bond donors (Lipinski definition) is 0. The highest BCUT2D eigenvalue weighted by Gasteiger charge is 2.24. The lowest BCUT2D eigenvalue weighted by Crippen LogP contribution is -2.27. The van der Waals surface area contributed by atoms with Crippen molar-refractivity contribution in [2.75, 3.05) is 0 Å². The summed E-state index contributed by atoms with van der Waals surface area (Å²) in [4.78, 5) is 20.7. The topological polar surface area (TPSA) is 69.4 Å². The second-order valence-electron chi connectivity index (χ2n) is 3.05. The molecule has 0 amide bonds. The van der Waals surface area contributed by atoms with Gasteiger partial charge in [-0.1, -0.05) is 30.3 Å². The molecule has 0 aliphatic carbocycles. The van der Waals surface area contributed by atoms with Crippen LogP contribution in [0, 0.1) is 10.1 Å². The summed E-state index contributed by atoms with van der Waals surface area (Å²) in [7, 11) is 0. The van der Waals surface area contributed by atoms with Gasteiger partial charge in [-0.3, -0.25) is 10.1 Å². The summed E-state index contributed by atoms with van der Waals surface area (Å²) in [5, 5.41) is 10.3. The molecule has 0 bridgehead atoms. The molecule has 0 unspecified atom stereocenters.